The number of thiophene rings is 1. The molecule has 0 bridgehead atoms. The highest BCUT2D eigenvalue weighted by molar-refractivity contribution is 7.14. The quantitative estimate of drug-likeness (QED) is 0.790. The van der Waals surface area contributed by atoms with E-state index in [4.69, 9.17) is 0 Å². The van der Waals surface area contributed by atoms with E-state index in [1.54, 1.807) is 12.3 Å². The largest absolute Gasteiger partial charge is 0.373 e. The maximum Gasteiger partial charge on any atom is 0.269 e. The van der Waals surface area contributed by atoms with Gasteiger partial charge in [-0.15, -0.1) is 11.3 Å². The molecule has 20 heavy (non-hydrogen) atoms. The molecule has 0 N–H and O–H groups in total. The average Bonchev–Trinajstić information content (AvgIpc) is 2.86. The van der Waals surface area contributed by atoms with E-state index in [0.717, 1.165) is 17.1 Å². The summed E-state index contributed by atoms with van der Waals surface area (Å²) in [5, 5.41) is 4.07. The Balaban J connectivity index is 2.18. The van der Waals surface area contributed by atoms with E-state index in [2.05, 4.69) is 5.10 Å². The molecule has 0 saturated heterocycles. The molecule has 0 aliphatic carbocycles. The summed E-state index contributed by atoms with van der Waals surface area (Å²) in [6, 6.07) is 5.18. The van der Waals surface area contributed by atoms with E-state index >= 15 is 0 Å². The summed E-state index contributed by atoms with van der Waals surface area (Å²) in [7, 11) is 1.89. The zero-order valence-electron chi connectivity index (χ0n) is 11.8. The third-order valence-corrected chi connectivity index (χ3v) is 4.12. The van der Waals surface area contributed by atoms with Gasteiger partial charge in [-0.2, -0.15) is 5.10 Å². The van der Waals surface area contributed by atoms with Crippen LogP contribution in [0.4, 0.5) is 5.69 Å². The van der Waals surface area contributed by atoms with Gasteiger partial charge in [-0.1, -0.05) is 0 Å². The second kappa shape index (κ2) is 6.00. The van der Waals surface area contributed by atoms with Crippen molar-refractivity contribution in [1.82, 2.24) is 9.78 Å². The van der Waals surface area contributed by atoms with Crippen molar-refractivity contribution in [3.63, 3.8) is 0 Å². The molecule has 0 aromatic carbocycles. The Hall–Kier alpha value is -1.95. The summed E-state index contributed by atoms with van der Waals surface area (Å²) in [6.07, 6.45) is 1.61. The van der Waals surface area contributed by atoms with Gasteiger partial charge in [0, 0.05) is 24.5 Å². The van der Waals surface area contributed by atoms with Gasteiger partial charge in [0.15, 0.2) is 5.78 Å². The zero-order valence-corrected chi connectivity index (χ0v) is 12.6. The Morgan fingerprint density at radius 2 is 2.20 bits per heavy atom. The number of carbonyl (C=O) groups is 1. The van der Waals surface area contributed by atoms with Crippen LogP contribution in [0, 0.1) is 6.92 Å². The van der Waals surface area contributed by atoms with E-state index in [0.29, 0.717) is 4.88 Å². The van der Waals surface area contributed by atoms with Crippen LogP contribution in [0.25, 0.3) is 0 Å². The van der Waals surface area contributed by atoms with Crippen LogP contribution < -0.4 is 10.5 Å². The molecule has 0 aliphatic rings. The monoisotopic (exact) mass is 291 g/mol. The lowest BCUT2D eigenvalue weighted by Crippen LogP contribution is -2.28. The van der Waals surface area contributed by atoms with Crippen LogP contribution >= 0.6 is 11.3 Å². The summed E-state index contributed by atoms with van der Waals surface area (Å²) >= 11 is 1.43. The van der Waals surface area contributed by atoms with E-state index in [1.807, 2.05) is 31.9 Å². The van der Waals surface area contributed by atoms with Gasteiger partial charge < -0.3 is 4.90 Å². The SMILES string of the molecule is CCN(C)c1cnn(CC(=O)c2ccc(C)s2)c(=O)c1. The number of aryl methyl sites for hydroxylation is 1. The number of carbonyl (C=O) groups excluding carboxylic acids is 1. The van der Waals surface area contributed by atoms with Crippen molar-refractivity contribution in [1.29, 1.82) is 0 Å². The van der Waals surface area contributed by atoms with Crippen molar-refractivity contribution in [2.45, 2.75) is 20.4 Å². The first-order chi connectivity index (χ1) is 9.51. The number of ketones is 1. The maximum absolute atomic E-state index is 12.1. The second-order valence-electron chi connectivity index (χ2n) is 4.56. The number of rotatable bonds is 5. The molecule has 0 fully saturated rings. The number of nitrogens with zero attached hydrogens (tertiary/aromatic N) is 3. The smallest absolute Gasteiger partial charge is 0.269 e. The van der Waals surface area contributed by atoms with Crippen LogP contribution in [0.1, 0.15) is 21.5 Å². The lowest BCUT2D eigenvalue weighted by molar-refractivity contribution is 0.0969. The highest BCUT2D eigenvalue weighted by Crippen LogP contribution is 2.16. The number of aromatic nitrogens is 2. The van der Waals surface area contributed by atoms with Crippen molar-refractivity contribution < 1.29 is 4.79 Å². The topological polar surface area (TPSA) is 55.2 Å². The summed E-state index contributed by atoms with van der Waals surface area (Å²) in [5.41, 5.74) is 0.498. The Morgan fingerprint density at radius 3 is 2.75 bits per heavy atom. The van der Waals surface area contributed by atoms with Gasteiger partial charge in [-0.3, -0.25) is 9.59 Å². The molecule has 0 saturated carbocycles. The molecule has 6 heteroatoms. The van der Waals surface area contributed by atoms with Crippen molar-refractivity contribution in [3.8, 4) is 0 Å². The van der Waals surface area contributed by atoms with Crippen molar-refractivity contribution in [2.24, 2.45) is 0 Å². The molecule has 0 spiro atoms. The third-order valence-electron chi connectivity index (χ3n) is 3.08. The van der Waals surface area contributed by atoms with Gasteiger partial charge in [-0.05, 0) is 26.0 Å². The van der Waals surface area contributed by atoms with Crippen molar-refractivity contribution in [2.75, 3.05) is 18.5 Å². The highest BCUT2D eigenvalue weighted by atomic mass is 32.1. The summed E-state index contributed by atoms with van der Waals surface area (Å²) in [4.78, 5) is 27.7. The lowest BCUT2D eigenvalue weighted by Gasteiger charge is -2.16. The first-order valence-electron chi connectivity index (χ1n) is 6.39. The van der Waals surface area contributed by atoms with Gasteiger partial charge >= 0.3 is 0 Å². The Kier molecular flexibility index (Phi) is 4.34. The number of Topliss-reactive ketones (excluding diaryl/α,β-unsaturated/α-hetero) is 1. The van der Waals surface area contributed by atoms with E-state index < -0.39 is 0 Å². The minimum absolute atomic E-state index is 0.0189. The molecule has 0 unspecified atom stereocenters. The summed E-state index contributed by atoms with van der Waals surface area (Å²) in [5.74, 6) is -0.0886. The van der Waals surface area contributed by atoms with Gasteiger partial charge in [0.2, 0.25) is 0 Å². The molecule has 0 aliphatic heterocycles. The van der Waals surface area contributed by atoms with Gasteiger partial charge in [0.25, 0.3) is 5.56 Å². The van der Waals surface area contributed by atoms with Crippen molar-refractivity contribution in [3.05, 3.63) is 44.5 Å². The number of hydrogen-bond acceptors (Lipinski definition) is 5. The van der Waals surface area contributed by atoms with E-state index in [1.165, 1.54) is 22.1 Å². The highest BCUT2D eigenvalue weighted by Gasteiger charge is 2.11. The Labute approximate surface area is 121 Å². The van der Waals surface area contributed by atoms with Crippen LogP contribution in [0.2, 0.25) is 0 Å². The number of anilines is 1. The predicted octanol–water partition coefficient (Wildman–Crippen LogP) is 1.95. The Bertz CT molecular complexity index is 675. The minimum atomic E-state index is -0.260. The molecular weight excluding hydrogens is 274 g/mol. The minimum Gasteiger partial charge on any atom is -0.373 e. The molecule has 106 valence electrons. The first-order valence-corrected chi connectivity index (χ1v) is 7.21. The van der Waals surface area contributed by atoms with Crippen LogP contribution in [-0.4, -0.2) is 29.2 Å². The Morgan fingerprint density at radius 1 is 1.45 bits per heavy atom. The van der Waals surface area contributed by atoms with E-state index in [9.17, 15) is 9.59 Å². The van der Waals surface area contributed by atoms with Gasteiger partial charge in [-0.25, -0.2) is 4.68 Å². The van der Waals surface area contributed by atoms with Crippen LogP contribution in [-0.2, 0) is 6.54 Å². The van der Waals surface area contributed by atoms with E-state index in [-0.39, 0.29) is 17.9 Å². The predicted molar refractivity (Wildman–Crippen MR) is 80.8 cm³/mol. The maximum atomic E-state index is 12.1. The normalized spacial score (nSPS) is 10.6. The molecule has 2 aromatic heterocycles. The molecule has 2 heterocycles. The van der Waals surface area contributed by atoms with Crippen molar-refractivity contribution >= 4 is 22.8 Å². The van der Waals surface area contributed by atoms with Crippen LogP contribution in [0.3, 0.4) is 0 Å². The van der Waals surface area contributed by atoms with Gasteiger partial charge in [0.1, 0.15) is 6.54 Å². The molecule has 5 nitrogen and oxygen atoms in total. The fourth-order valence-electron chi connectivity index (χ4n) is 1.73. The molecule has 2 aromatic rings. The standard InChI is InChI=1S/C14H17N3O2S/c1-4-16(3)11-7-14(19)17(15-8-11)9-12(18)13-6-5-10(2)20-13/h5-8H,4,9H2,1-3H3. The summed E-state index contributed by atoms with van der Waals surface area (Å²) in [6.45, 7) is 4.71. The average molecular weight is 291 g/mol. The third kappa shape index (κ3) is 3.14. The fourth-order valence-corrected chi connectivity index (χ4v) is 2.53. The van der Waals surface area contributed by atoms with Gasteiger partial charge in [0.05, 0.1) is 16.8 Å². The van der Waals surface area contributed by atoms with Crippen LogP contribution in [0.15, 0.2) is 29.2 Å². The summed E-state index contributed by atoms with van der Waals surface area (Å²) < 4.78 is 1.20. The fraction of sp³-hybridized carbons (Fsp3) is 0.357. The molecule has 2 rings (SSSR count). The molecular formula is C14H17N3O2S. The number of hydrogen-bond donors (Lipinski definition) is 0. The second-order valence-corrected chi connectivity index (χ2v) is 5.85. The lowest BCUT2D eigenvalue weighted by atomic mass is 10.3. The van der Waals surface area contributed by atoms with Crippen LogP contribution in [0.5, 0.6) is 0 Å². The molecule has 0 radical (unpaired) electrons. The molecule has 0 atom stereocenters. The zero-order chi connectivity index (χ0) is 14.7. The first kappa shape index (κ1) is 14.5. The molecule has 0 amide bonds.